The number of carbonyl (C=O) groups excluding carboxylic acids is 1. The van der Waals surface area contributed by atoms with Gasteiger partial charge in [-0.15, -0.1) is 0 Å². The summed E-state index contributed by atoms with van der Waals surface area (Å²) in [4.78, 5) is 12.9. The minimum absolute atomic E-state index is 0.312. The monoisotopic (exact) mass is 215 g/mol. The highest BCUT2D eigenvalue weighted by Gasteiger charge is 2.06. The van der Waals surface area contributed by atoms with Gasteiger partial charge in [0, 0.05) is 32.4 Å². The lowest BCUT2D eigenvalue weighted by molar-refractivity contribution is -0.134. The Balaban J connectivity index is 3.76. The molecule has 88 valence electrons. The molecule has 0 saturated heterocycles. The molecule has 1 atom stereocenters. The second kappa shape index (κ2) is 8.44. The van der Waals surface area contributed by atoms with Crippen LogP contribution in [0.1, 0.15) is 13.3 Å². The van der Waals surface area contributed by atoms with E-state index < -0.39 is 0 Å². The Labute approximate surface area is 91.8 Å². The van der Waals surface area contributed by atoms with E-state index in [1.54, 1.807) is 13.2 Å². The van der Waals surface area contributed by atoms with E-state index in [0.29, 0.717) is 6.04 Å². The van der Waals surface area contributed by atoms with E-state index in [-0.39, 0.29) is 5.97 Å². The average molecular weight is 215 g/mol. The summed E-state index contributed by atoms with van der Waals surface area (Å²) in [7, 11) is 5.09. The molecule has 0 heterocycles. The van der Waals surface area contributed by atoms with Crippen LogP contribution in [0, 0.1) is 0 Å². The fourth-order valence-corrected chi connectivity index (χ4v) is 1.07. The summed E-state index contributed by atoms with van der Waals surface area (Å²) < 4.78 is 9.50. The SMILES string of the molecule is COCCC(C)N(C)C/C=C/C(=O)OC. The van der Waals surface area contributed by atoms with Gasteiger partial charge < -0.3 is 9.47 Å². The van der Waals surface area contributed by atoms with Gasteiger partial charge in [0.25, 0.3) is 0 Å². The Morgan fingerprint density at radius 1 is 1.47 bits per heavy atom. The van der Waals surface area contributed by atoms with Gasteiger partial charge in [-0.3, -0.25) is 4.90 Å². The number of methoxy groups -OCH3 is 2. The Morgan fingerprint density at radius 3 is 2.67 bits per heavy atom. The molecule has 0 aliphatic rings. The van der Waals surface area contributed by atoms with Crippen LogP contribution in [0.4, 0.5) is 0 Å². The molecule has 0 N–H and O–H groups in total. The highest BCUT2D eigenvalue weighted by atomic mass is 16.5. The van der Waals surface area contributed by atoms with Gasteiger partial charge in [-0.05, 0) is 20.4 Å². The zero-order chi connectivity index (χ0) is 11.7. The quantitative estimate of drug-likeness (QED) is 0.470. The lowest BCUT2D eigenvalue weighted by atomic mass is 10.2. The average Bonchev–Trinajstić information content (AvgIpc) is 2.25. The normalized spacial score (nSPS) is 13.4. The highest BCUT2D eigenvalue weighted by Crippen LogP contribution is 2.00. The largest absolute Gasteiger partial charge is 0.466 e. The van der Waals surface area contributed by atoms with Crippen LogP contribution in [0.15, 0.2) is 12.2 Å². The molecule has 0 rings (SSSR count). The molecule has 0 aromatic heterocycles. The summed E-state index contributed by atoms with van der Waals surface area (Å²) in [6, 6.07) is 0.437. The number of rotatable bonds is 7. The van der Waals surface area contributed by atoms with Gasteiger partial charge >= 0.3 is 5.97 Å². The van der Waals surface area contributed by atoms with Crippen LogP contribution in [0.5, 0.6) is 0 Å². The van der Waals surface area contributed by atoms with Gasteiger partial charge in [-0.1, -0.05) is 6.08 Å². The smallest absolute Gasteiger partial charge is 0.330 e. The van der Waals surface area contributed by atoms with Crippen molar-refractivity contribution in [1.82, 2.24) is 4.90 Å². The van der Waals surface area contributed by atoms with Gasteiger partial charge in [-0.2, -0.15) is 0 Å². The maximum atomic E-state index is 10.8. The summed E-state index contributed by atoms with van der Waals surface area (Å²) in [6.45, 7) is 3.62. The van der Waals surface area contributed by atoms with Gasteiger partial charge in [0.1, 0.15) is 0 Å². The maximum Gasteiger partial charge on any atom is 0.330 e. The zero-order valence-electron chi connectivity index (χ0n) is 10.0. The minimum Gasteiger partial charge on any atom is -0.466 e. The molecule has 0 aromatic carbocycles. The van der Waals surface area contributed by atoms with Crippen LogP contribution in [0.25, 0.3) is 0 Å². The van der Waals surface area contributed by atoms with Crippen molar-refractivity contribution >= 4 is 5.97 Å². The summed E-state index contributed by atoms with van der Waals surface area (Å²) in [6.07, 6.45) is 4.23. The lowest BCUT2D eigenvalue weighted by Crippen LogP contribution is -2.30. The summed E-state index contributed by atoms with van der Waals surface area (Å²) >= 11 is 0. The van der Waals surface area contributed by atoms with Gasteiger partial charge in [0.05, 0.1) is 7.11 Å². The second-order valence-electron chi connectivity index (χ2n) is 3.50. The molecule has 0 spiro atoms. The standard InChI is InChI=1S/C11H21NO3/c1-10(7-9-14-3)12(2)8-5-6-11(13)15-4/h5-6,10H,7-9H2,1-4H3/b6-5+. The molecule has 15 heavy (non-hydrogen) atoms. The number of likely N-dealkylation sites (N-methyl/N-ethyl adjacent to an activating group) is 1. The van der Waals surface area contributed by atoms with Gasteiger partial charge in [0.2, 0.25) is 0 Å². The van der Waals surface area contributed by atoms with Crippen molar-refractivity contribution < 1.29 is 14.3 Å². The molecule has 0 bridgehead atoms. The molecule has 4 nitrogen and oxygen atoms in total. The van der Waals surface area contributed by atoms with Crippen molar-refractivity contribution in [2.24, 2.45) is 0 Å². The van der Waals surface area contributed by atoms with Crippen LogP contribution in [0.2, 0.25) is 0 Å². The third kappa shape index (κ3) is 7.11. The first-order valence-corrected chi connectivity index (χ1v) is 5.05. The summed E-state index contributed by atoms with van der Waals surface area (Å²) in [5.41, 5.74) is 0. The van der Waals surface area contributed by atoms with Crippen molar-refractivity contribution in [2.45, 2.75) is 19.4 Å². The predicted octanol–water partition coefficient (Wildman–Crippen LogP) is 1.07. The minimum atomic E-state index is -0.312. The third-order valence-corrected chi connectivity index (χ3v) is 2.34. The fourth-order valence-electron chi connectivity index (χ4n) is 1.07. The van der Waals surface area contributed by atoms with E-state index in [1.807, 2.05) is 7.05 Å². The Kier molecular flexibility index (Phi) is 7.95. The van der Waals surface area contributed by atoms with E-state index in [1.165, 1.54) is 13.2 Å². The van der Waals surface area contributed by atoms with Crippen molar-refractivity contribution in [3.8, 4) is 0 Å². The Bertz CT molecular complexity index is 204. The molecular weight excluding hydrogens is 194 g/mol. The second-order valence-corrected chi connectivity index (χ2v) is 3.50. The highest BCUT2D eigenvalue weighted by molar-refractivity contribution is 5.81. The number of hydrogen-bond acceptors (Lipinski definition) is 4. The molecule has 0 fully saturated rings. The first kappa shape index (κ1) is 14.1. The molecule has 1 unspecified atom stereocenters. The number of hydrogen-bond donors (Lipinski definition) is 0. The van der Waals surface area contributed by atoms with Gasteiger partial charge in [0.15, 0.2) is 0 Å². The topological polar surface area (TPSA) is 38.8 Å². The van der Waals surface area contributed by atoms with Crippen LogP contribution < -0.4 is 0 Å². The Hall–Kier alpha value is -0.870. The fraction of sp³-hybridized carbons (Fsp3) is 0.727. The summed E-state index contributed by atoms with van der Waals surface area (Å²) in [5, 5.41) is 0. The van der Waals surface area contributed by atoms with Gasteiger partial charge in [-0.25, -0.2) is 4.79 Å². The number of ether oxygens (including phenoxy) is 2. The number of esters is 1. The van der Waals surface area contributed by atoms with Crippen molar-refractivity contribution in [3.63, 3.8) is 0 Å². The van der Waals surface area contributed by atoms with E-state index >= 15 is 0 Å². The molecule has 0 radical (unpaired) electrons. The lowest BCUT2D eigenvalue weighted by Gasteiger charge is -2.22. The van der Waals surface area contributed by atoms with E-state index in [9.17, 15) is 4.79 Å². The predicted molar refractivity (Wildman–Crippen MR) is 59.7 cm³/mol. The number of nitrogens with zero attached hydrogens (tertiary/aromatic N) is 1. The van der Waals surface area contributed by atoms with Crippen LogP contribution >= 0.6 is 0 Å². The maximum absolute atomic E-state index is 10.8. The van der Waals surface area contributed by atoms with Crippen LogP contribution in [-0.4, -0.2) is 51.3 Å². The molecular formula is C11H21NO3. The summed E-state index contributed by atoms with van der Waals surface area (Å²) in [5.74, 6) is -0.312. The van der Waals surface area contributed by atoms with E-state index in [0.717, 1.165) is 19.6 Å². The van der Waals surface area contributed by atoms with E-state index in [4.69, 9.17) is 4.74 Å². The molecule has 0 aromatic rings. The first-order valence-electron chi connectivity index (χ1n) is 5.05. The van der Waals surface area contributed by atoms with E-state index in [2.05, 4.69) is 16.6 Å². The van der Waals surface area contributed by atoms with Crippen molar-refractivity contribution in [1.29, 1.82) is 0 Å². The zero-order valence-corrected chi connectivity index (χ0v) is 10.0. The first-order chi connectivity index (χ1) is 7.11. The molecule has 0 aliphatic heterocycles. The molecule has 0 aliphatic carbocycles. The van der Waals surface area contributed by atoms with Crippen molar-refractivity contribution in [2.75, 3.05) is 34.4 Å². The molecule has 4 heteroatoms. The van der Waals surface area contributed by atoms with Crippen LogP contribution in [0.3, 0.4) is 0 Å². The third-order valence-electron chi connectivity index (χ3n) is 2.34. The molecule has 0 saturated carbocycles. The molecule has 0 amide bonds. The van der Waals surface area contributed by atoms with Crippen LogP contribution in [-0.2, 0) is 14.3 Å². The Morgan fingerprint density at radius 2 is 2.13 bits per heavy atom. The number of carbonyl (C=O) groups is 1. The van der Waals surface area contributed by atoms with Crippen molar-refractivity contribution in [3.05, 3.63) is 12.2 Å².